The van der Waals surface area contributed by atoms with Crippen molar-refractivity contribution < 1.29 is 37.3 Å². The summed E-state index contributed by atoms with van der Waals surface area (Å²) in [6, 6.07) is 26.4. The Hall–Kier alpha value is -5.86. The van der Waals surface area contributed by atoms with E-state index in [0.29, 0.717) is 17.1 Å². The van der Waals surface area contributed by atoms with Crippen molar-refractivity contribution in [3.8, 4) is 17.6 Å². The monoisotopic (exact) mass is 868 g/mol. The molecule has 2 aliphatic rings. The van der Waals surface area contributed by atoms with Crippen molar-refractivity contribution in [2.24, 2.45) is 0 Å². The van der Waals surface area contributed by atoms with Crippen molar-refractivity contribution in [3.05, 3.63) is 167 Å². The fourth-order valence-electron chi connectivity index (χ4n) is 7.74. The SMILES string of the molecule is COc1ccc(C(OC[C@H]2O[C@@H](n3cc(C)c(=O)[nH]c3=O)C[C@@H]2P(=O)(OCCC#N)OC[C@@H]2[CH]C[C@H](n3cc(C)c(=O)[nH]c3=O)O2)(c2ccccc2)c2ccc(OC)cc2)cc1. The van der Waals surface area contributed by atoms with Gasteiger partial charge in [0.15, 0.2) is 0 Å². The van der Waals surface area contributed by atoms with Crippen LogP contribution in [0.25, 0.3) is 0 Å². The first-order valence-electron chi connectivity index (χ1n) is 19.9. The van der Waals surface area contributed by atoms with Gasteiger partial charge in [0, 0.05) is 29.9 Å². The number of nitrogens with one attached hydrogen (secondary N) is 2. The number of nitriles is 1. The second kappa shape index (κ2) is 19.0. The second-order valence-corrected chi connectivity index (χ2v) is 17.1. The van der Waals surface area contributed by atoms with Crippen LogP contribution in [-0.2, 0) is 33.4 Å². The van der Waals surface area contributed by atoms with Gasteiger partial charge in [0.25, 0.3) is 11.1 Å². The number of aromatic nitrogens is 4. The van der Waals surface area contributed by atoms with E-state index < -0.39 is 66.0 Å². The summed E-state index contributed by atoms with van der Waals surface area (Å²) < 4.78 is 61.0. The Bertz CT molecular complexity index is 2630. The largest absolute Gasteiger partial charge is 0.497 e. The molecule has 3 aromatic carbocycles. The van der Waals surface area contributed by atoms with Gasteiger partial charge in [-0.25, -0.2) is 9.59 Å². The predicted molar refractivity (Wildman–Crippen MR) is 225 cm³/mol. The molecular formula is C44H47N5O12P. The van der Waals surface area contributed by atoms with Crippen molar-refractivity contribution in [3.63, 3.8) is 0 Å². The molecule has 17 nitrogen and oxygen atoms in total. The third kappa shape index (κ3) is 9.17. The van der Waals surface area contributed by atoms with E-state index in [0.717, 1.165) is 16.7 Å². The lowest BCUT2D eigenvalue weighted by Gasteiger charge is -2.37. The van der Waals surface area contributed by atoms with Gasteiger partial charge in [-0.15, -0.1) is 0 Å². The minimum absolute atomic E-state index is 0.0867. The number of aromatic amines is 2. The van der Waals surface area contributed by atoms with Crippen molar-refractivity contribution in [1.82, 2.24) is 19.1 Å². The van der Waals surface area contributed by atoms with E-state index >= 15 is 4.57 Å². The number of rotatable bonds is 17. The normalized spacial score (nSPS) is 21.0. The van der Waals surface area contributed by atoms with Gasteiger partial charge in [-0.05, 0) is 67.6 Å². The molecule has 0 spiro atoms. The summed E-state index contributed by atoms with van der Waals surface area (Å²) in [5.74, 6) is 1.25. The first-order chi connectivity index (χ1) is 29.9. The highest BCUT2D eigenvalue weighted by Crippen LogP contribution is 2.60. The Morgan fingerprint density at radius 2 is 1.31 bits per heavy atom. The molecule has 5 aromatic rings. The molecule has 62 heavy (non-hydrogen) atoms. The molecule has 7 rings (SSSR count). The van der Waals surface area contributed by atoms with Crippen molar-refractivity contribution >= 4 is 7.60 Å². The Morgan fingerprint density at radius 3 is 1.85 bits per heavy atom. The molecular weight excluding hydrogens is 821 g/mol. The molecule has 0 saturated carbocycles. The second-order valence-electron chi connectivity index (χ2n) is 14.9. The van der Waals surface area contributed by atoms with Crippen molar-refractivity contribution in [1.29, 1.82) is 5.26 Å². The topological polar surface area (TPSA) is 215 Å². The van der Waals surface area contributed by atoms with Gasteiger partial charge in [0.2, 0.25) is 0 Å². The molecule has 2 saturated heterocycles. The van der Waals surface area contributed by atoms with E-state index in [1.54, 1.807) is 34.5 Å². The van der Waals surface area contributed by atoms with Gasteiger partial charge in [-0.2, -0.15) is 5.26 Å². The van der Waals surface area contributed by atoms with Crippen LogP contribution in [0.3, 0.4) is 0 Å². The van der Waals surface area contributed by atoms with E-state index in [4.69, 9.17) is 32.7 Å². The first kappa shape index (κ1) is 44.2. The van der Waals surface area contributed by atoms with Crippen LogP contribution in [0, 0.1) is 31.6 Å². The van der Waals surface area contributed by atoms with Gasteiger partial charge in [-0.3, -0.25) is 33.3 Å². The van der Waals surface area contributed by atoms with E-state index in [9.17, 15) is 24.4 Å². The lowest BCUT2D eigenvalue weighted by molar-refractivity contribution is -0.0781. The maximum absolute atomic E-state index is 15.4. The first-order valence-corrected chi connectivity index (χ1v) is 21.5. The molecule has 2 aliphatic heterocycles. The highest BCUT2D eigenvalue weighted by atomic mass is 31.2. The van der Waals surface area contributed by atoms with Crippen LogP contribution >= 0.6 is 7.60 Å². The zero-order valence-corrected chi connectivity index (χ0v) is 35.4. The number of benzene rings is 3. The van der Waals surface area contributed by atoms with Crippen molar-refractivity contribution in [2.45, 2.75) is 69.0 Å². The van der Waals surface area contributed by atoms with E-state index in [-0.39, 0.29) is 44.6 Å². The van der Waals surface area contributed by atoms with Crippen LogP contribution in [0.15, 0.2) is 110 Å². The quantitative estimate of drug-likeness (QED) is 0.0715. The summed E-state index contributed by atoms with van der Waals surface area (Å²) in [5.41, 5.74) is -2.11. The minimum Gasteiger partial charge on any atom is -0.497 e. The summed E-state index contributed by atoms with van der Waals surface area (Å²) in [7, 11) is -1.18. The van der Waals surface area contributed by atoms with Crippen molar-refractivity contribution in [2.75, 3.05) is 34.0 Å². The molecule has 1 radical (unpaired) electrons. The average molecular weight is 869 g/mol. The summed E-state index contributed by atoms with van der Waals surface area (Å²) in [6.45, 7) is 2.35. The fraction of sp³-hybridized carbons (Fsp3) is 0.364. The molecule has 325 valence electrons. The number of hydrogen-bond acceptors (Lipinski definition) is 13. The smallest absolute Gasteiger partial charge is 0.336 e. The van der Waals surface area contributed by atoms with Gasteiger partial charge < -0.3 is 32.7 Å². The number of methoxy groups -OCH3 is 2. The standard InChI is InChI=1S/C44H47N5O12P/c1-28-24-48(42(52)46-40(28)50)38-20-19-35(60-38)26-59-62(54,58-22-8-21-45)37-23-39(49-25-29(2)41(51)47-43(49)53)61-36(37)27-57-44(30-9-6-5-7-10-30,31-11-15-33(55-3)16-12-31)32-13-17-34(56-4)18-14-32/h5-7,9-19,24-25,35-39H,8,20,22-23,26-27H2,1-4H3,(H,46,50,52)(H,47,51,53)/t35-,36+,37-,38+,39+,62?/m0/s1. The number of H-pyrrole nitrogens is 2. The lowest BCUT2D eigenvalue weighted by Crippen LogP contribution is -2.38. The predicted octanol–water partition coefficient (Wildman–Crippen LogP) is 5.02. The lowest BCUT2D eigenvalue weighted by atomic mass is 9.80. The van der Waals surface area contributed by atoms with Crippen LogP contribution in [0.1, 0.15) is 59.5 Å². The minimum atomic E-state index is -4.33. The van der Waals surface area contributed by atoms with E-state index in [1.807, 2.05) is 84.9 Å². The number of aryl methyl sites for hydroxylation is 2. The molecule has 2 fully saturated rings. The van der Waals surface area contributed by atoms with Gasteiger partial charge >= 0.3 is 19.0 Å². The summed E-state index contributed by atoms with van der Waals surface area (Å²) in [5, 5.41) is 9.45. The Balaban J connectivity index is 1.27. The maximum atomic E-state index is 15.4. The molecule has 0 bridgehead atoms. The van der Waals surface area contributed by atoms with Crippen LogP contribution in [0.4, 0.5) is 0 Å². The molecule has 2 N–H and O–H groups in total. The van der Waals surface area contributed by atoms with Gasteiger partial charge in [0.1, 0.15) is 29.6 Å². The number of nitrogens with zero attached hydrogens (tertiary/aromatic N) is 3. The Morgan fingerprint density at radius 1 is 0.758 bits per heavy atom. The number of hydrogen-bond donors (Lipinski definition) is 2. The number of ether oxygens (including phenoxy) is 5. The molecule has 18 heteroatoms. The molecule has 2 aromatic heterocycles. The molecule has 4 heterocycles. The highest BCUT2D eigenvalue weighted by molar-refractivity contribution is 7.54. The molecule has 0 amide bonds. The Kier molecular flexibility index (Phi) is 13.6. The fourth-order valence-corrected chi connectivity index (χ4v) is 9.90. The Labute approximate surface area is 356 Å². The zero-order chi connectivity index (χ0) is 44.0. The van der Waals surface area contributed by atoms with Crippen LogP contribution in [-0.4, -0.2) is 71.0 Å². The maximum Gasteiger partial charge on any atom is 0.336 e. The van der Waals surface area contributed by atoms with E-state index in [2.05, 4.69) is 9.97 Å². The van der Waals surface area contributed by atoms with Crippen LogP contribution in [0.5, 0.6) is 11.5 Å². The zero-order valence-electron chi connectivity index (χ0n) is 34.6. The van der Waals surface area contributed by atoms with Gasteiger partial charge in [-0.1, -0.05) is 54.6 Å². The summed E-state index contributed by atoms with van der Waals surface area (Å²) >= 11 is 0. The average Bonchev–Trinajstić information content (AvgIpc) is 3.95. The highest BCUT2D eigenvalue weighted by Gasteiger charge is 2.51. The van der Waals surface area contributed by atoms with Crippen LogP contribution in [0.2, 0.25) is 0 Å². The third-order valence-electron chi connectivity index (χ3n) is 11.0. The van der Waals surface area contributed by atoms with Crippen LogP contribution < -0.4 is 32.0 Å². The van der Waals surface area contributed by atoms with E-state index in [1.165, 1.54) is 21.5 Å². The van der Waals surface area contributed by atoms with Gasteiger partial charge in [0.05, 0.1) is 64.4 Å². The third-order valence-corrected chi connectivity index (χ3v) is 13.4. The summed E-state index contributed by atoms with van der Waals surface area (Å²) in [6.07, 6.45) is 0.944. The summed E-state index contributed by atoms with van der Waals surface area (Å²) in [4.78, 5) is 54.9. The molecule has 0 aliphatic carbocycles. The molecule has 1 unspecified atom stereocenters. The molecule has 6 atom stereocenters.